The SMILES string of the molecule is CS(=O)(=O)NCCCNCc1ccccc1F. The van der Waals surface area contributed by atoms with Crippen LogP contribution in [0, 0.1) is 5.82 Å². The Kier molecular flexibility index (Phi) is 5.54. The highest BCUT2D eigenvalue weighted by atomic mass is 32.2. The summed E-state index contributed by atoms with van der Waals surface area (Å²) in [5.41, 5.74) is 0.614. The Hall–Kier alpha value is -0.980. The number of nitrogens with one attached hydrogen (secondary N) is 2. The van der Waals surface area contributed by atoms with Crippen LogP contribution in [0.3, 0.4) is 0 Å². The van der Waals surface area contributed by atoms with Gasteiger partial charge >= 0.3 is 0 Å². The normalized spacial score (nSPS) is 11.6. The van der Waals surface area contributed by atoms with E-state index in [2.05, 4.69) is 10.0 Å². The van der Waals surface area contributed by atoms with E-state index in [-0.39, 0.29) is 5.82 Å². The number of halogens is 1. The second kappa shape index (κ2) is 6.68. The van der Waals surface area contributed by atoms with Crippen molar-refractivity contribution < 1.29 is 12.8 Å². The van der Waals surface area contributed by atoms with E-state index in [1.165, 1.54) is 6.07 Å². The molecule has 1 aromatic carbocycles. The monoisotopic (exact) mass is 260 g/mol. The minimum Gasteiger partial charge on any atom is -0.313 e. The van der Waals surface area contributed by atoms with Crippen molar-refractivity contribution in [2.75, 3.05) is 19.3 Å². The van der Waals surface area contributed by atoms with Gasteiger partial charge in [-0.2, -0.15) is 0 Å². The first-order valence-corrected chi connectivity index (χ1v) is 7.27. The van der Waals surface area contributed by atoms with Gasteiger partial charge in [-0.05, 0) is 19.0 Å². The lowest BCUT2D eigenvalue weighted by Gasteiger charge is -2.06. The van der Waals surface area contributed by atoms with Crippen LogP contribution < -0.4 is 10.0 Å². The molecule has 1 aromatic rings. The summed E-state index contributed by atoms with van der Waals surface area (Å²) in [6.45, 7) is 1.48. The topological polar surface area (TPSA) is 58.2 Å². The second-order valence-electron chi connectivity index (χ2n) is 3.79. The smallest absolute Gasteiger partial charge is 0.208 e. The van der Waals surface area contributed by atoms with E-state index in [1.807, 2.05) is 0 Å². The van der Waals surface area contributed by atoms with Crippen molar-refractivity contribution in [3.8, 4) is 0 Å². The molecule has 0 aliphatic heterocycles. The van der Waals surface area contributed by atoms with Crippen LogP contribution in [0.5, 0.6) is 0 Å². The molecule has 0 amide bonds. The van der Waals surface area contributed by atoms with Gasteiger partial charge in [0.2, 0.25) is 10.0 Å². The molecule has 0 atom stereocenters. The zero-order valence-electron chi connectivity index (χ0n) is 9.74. The van der Waals surface area contributed by atoms with Crippen LogP contribution in [-0.2, 0) is 16.6 Å². The Bertz CT molecular complexity index is 449. The highest BCUT2D eigenvalue weighted by Gasteiger charge is 2.00. The zero-order chi connectivity index (χ0) is 12.7. The predicted octanol–water partition coefficient (Wildman–Crippen LogP) is 0.855. The van der Waals surface area contributed by atoms with E-state index in [9.17, 15) is 12.8 Å². The van der Waals surface area contributed by atoms with Crippen molar-refractivity contribution in [3.05, 3.63) is 35.6 Å². The zero-order valence-corrected chi connectivity index (χ0v) is 10.6. The molecule has 0 aliphatic carbocycles. The van der Waals surface area contributed by atoms with Crippen molar-refractivity contribution in [1.29, 1.82) is 0 Å². The lowest BCUT2D eigenvalue weighted by Crippen LogP contribution is -2.26. The van der Waals surface area contributed by atoms with Crippen LogP contribution in [0.2, 0.25) is 0 Å². The van der Waals surface area contributed by atoms with Crippen LogP contribution in [-0.4, -0.2) is 27.8 Å². The molecule has 2 N–H and O–H groups in total. The van der Waals surface area contributed by atoms with Gasteiger partial charge in [-0.25, -0.2) is 17.5 Å². The van der Waals surface area contributed by atoms with Crippen molar-refractivity contribution in [3.63, 3.8) is 0 Å². The van der Waals surface area contributed by atoms with E-state index < -0.39 is 10.0 Å². The Morgan fingerprint density at radius 1 is 1.24 bits per heavy atom. The average molecular weight is 260 g/mol. The quantitative estimate of drug-likeness (QED) is 0.715. The molecule has 0 saturated carbocycles. The molecule has 6 heteroatoms. The summed E-state index contributed by atoms with van der Waals surface area (Å²) < 4.78 is 37.1. The minimum absolute atomic E-state index is 0.228. The molecule has 0 saturated heterocycles. The fourth-order valence-electron chi connectivity index (χ4n) is 1.34. The van der Waals surface area contributed by atoms with Crippen molar-refractivity contribution in [1.82, 2.24) is 10.0 Å². The molecule has 0 spiro atoms. The third kappa shape index (κ3) is 6.35. The fourth-order valence-corrected chi connectivity index (χ4v) is 1.85. The Morgan fingerprint density at radius 3 is 2.59 bits per heavy atom. The van der Waals surface area contributed by atoms with Gasteiger partial charge in [0.15, 0.2) is 0 Å². The average Bonchev–Trinajstić information content (AvgIpc) is 2.24. The minimum atomic E-state index is -3.11. The number of hydrogen-bond acceptors (Lipinski definition) is 3. The molecular formula is C11H17FN2O2S. The van der Waals surface area contributed by atoms with Crippen molar-refractivity contribution in [2.24, 2.45) is 0 Å². The molecule has 4 nitrogen and oxygen atoms in total. The molecule has 0 heterocycles. The van der Waals surface area contributed by atoms with E-state index in [0.717, 1.165) is 6.26 Å². The lowest BCUT2D eigenvalue weighted by molar-refractivity contribution is 0.570. The highest BCUT2D eigenvalue weighted by molar-refractivity contribution is 7.88. The molecule has 0 aromatic heterocycles. The first-order valence-electron chi connectivity index (χ1n) is 5.38. The Balaban J connectivity index is 2.15. The van der Waals surface area contributed by atoms with Crippen molar-refractivity contribution >= 4 is 10.0 Å². The van der Waals surface area contributed by atoms with Gasteiger partial charge < -0.3 is 5.32 Å². The number of hydrogen-bond donors (Lipinski definition) is 2. The second-order valence-corrected chi connectivity index (χ2v) is 5.62. The van der Waals surface area contributed by atoms with Crippen LogP contribution >= 0.6 is 0 Å². The molecular weight excluding hydrogens is 243 g/mol. The van der Waals surface area contributed by atoms with Gasteiger partial charge in [0.05, 0.1) is 6.26 Å². The summed E-state index contributed by atoms with van der Waals surface area (Å²) in [5, 5.41) is 3.05. The van der Waals surface area contributed by atoms with Gasteiger partial charge in [0.1, 0.15) is 5.82 Å². The molecule has 0 unspecified atom stereocenters. The summed E-state index contributed by atoms with van der Waals surface area (Å²) >= 11 is 0. The maximum Gasteiger partial charge on any atom is 0.208 e. The lowest BCUT2D eigenvalue weighted by atomic mass is 10.2. The van der Waals surface area contributed by atoms with Gasteiger partial charge in [0.25, 0.3) is 0 Å². The first-order chi connectivity index (χ1) is 7.99. The summed E-state index contributed by atoms with van der Waals surface area (Å²) in [6.07, 6.45) is 1.79. The highest BCUT2D eigenvalue weighted by Crippen LogP contribution is 2.05. The fraction of sp³-hybridized carbons (Fsp3) is 0.455. The molecule has 0 aliphatic rings. The van der Waals surface area contributed by atoms with E-state index >= 15 is 0 Å². The summed E-state index contributed by atoms with van der Waals surface area (Å²) in [5.74, 6) is -0.228. The van der Waals surface area contributed by atoms with E-state index in [4.69, 9.17) is 0 Å². The summed E-state index contributed by atoms with van der Waals surface area (Å²) in [6, 6.07) is 6.57. The Labute approximate surface area is 101 Å². The molecule has 0 bridgehead atoms. The van der Waals surface area contributed by atoms with Crippen LogP contribution in [0.25, 0.3) is 0 Å². The van der Waals surface area contributed by atoms with Crippen LogP contribution in [0.4, 0.5) is 4.39 Å². The maximum atomic E-state index is 13.2. The first kappa shape index (κ1) is 14.1. The van der Waals surface area contributed by atoms with Crippen LogP contribution in [0.15, 0.2) is 24.3 Å². The van der Waals surface area contributed by atoms with E-state index in [1.54, 1.807) is 18.2 Å². The maximum absolute atomic E-state index is 13.2. The number of sulfonamides is 1. The van der Waals surface area contributed by atoms with Crippen LogP contribution in [0.1, 0.15) is 12.0 Å². The predicted molar refractivity (Wildman–Crippen MR) is 65.6 cm³/mol. The third-order valence-electron chi connectivity index (χ3n) is 2.17. The largest absolute Gasteiger partial charge is 0.313 e. The van der Waals surface area contributed by atoms with Gasteiger partial charge in [-0.1, -0.05) is 18.2 Å². The standard InChI is InChI=1S/C11H17FN2O2S/c1-17(15,16)14-8-4-7-13-9-10-5-2-3-6-11(10)12/h2-3,5-6,13-14H,4,7-9H2,1H3. The molecule has 1 rings (SSSR count). The van der Waals surface area contributed by atoms with Gasteiger partial charge in [0, 0.05) is 18.7 Å². The summed E-state index contributed by atoms with van der Waals surface area (Å²) in [4.78, 5) is 0. The van der Waals surface area contributed by atoms with Crippen molar-refractivity contribution in [2.45, 2.75) is 13.0 Å². The third-order valence-corrected chi connectivity index (χ3v) is 2.90. The molecule has 0 radical (unpaired) electrons. The number of benzene rings is 1. The number of rotatable bonds is 7. The molecule has 17 heavy (non-hydrogen) atoms. The van der Waals surface area contributed by atoms with E-state index in [0.29, 0.717) is 31.6 Å². The summed E-state index contributed by atoms with van der Waals surface area (Å²) in [7, 11) is -3.11. The molecule has 96 valence electrons. The van der Waals surface area contributed by atoms with Gasteiger partial charge in [-0.15, -0.1) is 0 Å². The Morgan fingerprint density at radius 2 is 1.94 bits per heavy atom. The molecule has 0 fully saturated rings. The van der Waals surface area contributed by atoms with Gasteiger partial charge in [-0.3, -0.25) is 0 Å².